The third kappa shape index (κ3) is 4.22. The van der Waals surface area contributed by atoms with Crippen LogP contribution in [0, 0.1) is 0 Å². The summed E-state index contributed by atoms with van der Waals surface area (Å²) in [4.78, 5) is 11.1. The summed E-state index contributed by atoms with van der Waals surface area (Å²) in [5.74, 6) is -0.314. The highest BCUT2D eigenvalue weighted by molar-refractivity contribution is 5.67. The average Bonchev–Trinajstić information content (AvgIpc) is 2.23. The molecule has 0 radical (unpaired) electrons. The molecule has 0 heterocycles. The minimum absolute atomic E-state index is 0.113. The summed E-state index contributed by atoms with van der Waals surface area (Å²) in [7, 11) is 0. The molecule has 0 bridgehead atoms. The molecule has 0 aliphatic rings. The summed E-state index contributed by atoms with van der Waals surface area (Å²) in [5.41, 5.74) is 0.824. The van der Waals surface area contributed by atoms with Gasteiger partial charge in [0.2, 0.25) is 0 Å². The van der Waals surface area contributed by atoms with E-state index in [4.69, 9.17) is 9.84 Å². The summed E-state index contributed by atoms with van der Waals surface area (Å²) in [6, 6.07) is 4.47. The second-order valence-electron chi connectivity index (χ2n) is 3.79. The van der Waals surface area contributed by atoms with Crippen LogP contribution in [-0.2, 0) is 11.2 Å². The number of hydrogen-bond acceptors (Lipinski definition) is 4. The van der Waals surface area contributed by atoms with E-state index in [9.17, 15) is 9.90 Å². The molecule has 17 heavy (non-hydrogen) atoms. The molecule has 1 atom stereocenters. The van der Waals surface area contributed by atoms with Crippen molar-refractivity contribution in [2.45, 2.75) is 26.3 Å². The van der Waals surface area contributed by atoms with E-state index in [-0.39, 0.29) is 17.5 Å². The average molecular weight is 239 g/mol. The molecule has 1 rings (SSSR count). The third-order valence-electron chi connectivity index (χ3n) is 2.22. The fraction of sp³-hybridized carbons (Fsp3) is 0.417. The molecule has 0 saturated heterocycles. The quantitative estimate of drug-likeness (QED) is 0.700. The number of ether oxygens (including phenoxy) is 1. The number of phenolic OH excluding ortho intramolecular Hbond substituents is 2. The van der Waals surface area contributed by atoms with Crippen molar-refractivity contribution in [3.05, 3.63) is 23.8 Å². The highest BCUT2D eigenvalue weighted by Crippen LogP contribution is 2.25. The van der Waals surface area contributed by atoms with E-state index in [1.54, 1.807) is 13.0 Å². The number of carbonyl (C=O) groups is 1. The van der Waals surface area contributed by atoms with Gasteiger partial charge in [-0.15, -0.1) is 0 Å². The Morgan fingerprint density at radius 1 is 1.41 bits per heavy atom. The second-order valence-corrected chi connectivity index (χ2v) is 3.79. The first kappa shape index (κ1) is 13.2. The van der Waals surface area contributed by atoms with Crippen LogP contribution in [0.15, 0.2) is 18.2 Å². The maximum Gasteiger partial charge on any atom is 0.407 e. The molecule has 0 aliphatic carbocycles. The van der Waals surface area contributed by atoms with Crippen molar-refractivity contribution in [1.29, 1.82) is 0 Å². The molecule has 0 aliphatic heterocycles. The molecule has 5 heteroatoms. The number of phenols is 2. The number of nitrogens with one attached hydrogen (secondary N) is 1. The van der Waals surface area contributed by atoms with Crippen molar-refractivity contribution in [3.8, 4) is 11.5 Å². The number of alkyl carbamates (subject to hydrolysis) is 1. The number of benzene rings is 1. The lowest BCUT2D eigenvalue weighted by molar-refractivity contribution is 0.149. The van der Waals surface area contributed by atoms with E-state index in [0.717, 1.165) is 5.56 Å². The largest absolute Gasteiger partial charge is 0.504 e. The maximum absolute atomic E-state index is 11.1. The van der Waals surface area contributed by atoms with Gasteiger partial charge in [0.1, 0.15) is 0 Å². The Balaban J connectivity index is 2.53. The van der Waals surface area contributed by atoms with Crippen molar-refractivity contribution >= 4 is 6.09 Å². The molecule has 3 N–H and O–H groups in total. The van der Waals surface area contributed by atoms with Gasteiger partial charge in [0, 0.05) is 6.04 Å². The molecular formula is C12H17NO4. The van der Waals surface area contributed by atoms with Crippen LogP contribution < -0.4 is 5.32 Å². The van der Waals surface area contributed by atoms with Gasteiger partial charge in [0.25, 0.3) is 0 Å². The zero-order valence-electron chi connectivity index (χ0n) is 9.93. The van der Waals surface area contributed by atoms with Gasteiger partial charge in [-0.05, 0) is 38.0 Å². The molecule has 1 amide bonds. The normalized spacial score (nSPS) is 11.9. The number of rotatable bonds is 4. The lowest BCUT2D eigenvalue weighted by atomic mass is 10.1. The van der Waals surface area contributed by atoms with E-state index in [1.807, 2.05) is 6.92 Å². The van der Waals surface area contributed by atoms with Crippen LogP contribution in [0.25, 0.3) is 0 Å². The van der Waals surface area contributed by atoms with Crippen molar-refractivity contribution in [2.75, 3.05) is 6.61 Å². The van der Waals surface area contributed by atoms with Gasteiger partial charge < -0.3 is 20.3 Å². The van der Waals surface area contributed by atoms with Gasteiger partial charge in [-0.1, -0.05) is 6.07 Å². The van der Waals surface area contributed by atoms with Crippen LogP contribution in [0.2, 0.25) is 0 Å². The Labute approximate surface area is 100 Å². The first-order valence-electron chi connectivity index (χ1n) is 5.47. The zero-order valence-corrected chi connectivity index (χ0v) is 9.93. The number of amides is 1. The number of carbonyl (C=O) groups excluding carboxylic acids is 1. The Morgan fingerprint density at radius 2 is 2.12 bits per heavy atom. The fourth-order valence-corrected chi connectivity index (χ4v) is 1.47. The van der Waals surface area contributed by atoms with Gasteiger partial charge in [-0.2, -0.15) is 0 Å². The molecule has 0 spiro atoms. The standard InChI is InChI=1S/C12H17NO4/c1-3-17-12(16)13-8(2)6-9-4-5-10(14)11(15)7-9/h4-5,7-8,14-15H,3,6H2,1-2H3,(H,13,16)/t8-/m0/s1. The Morgan fingerprint density at radius 3 is 2.71 bits per heavy atom. The molecule has 94 valence electrons. The first-order valence-corrected chi connectivity index (χ1v) is 5.47. The molecule has 0 unspecified atom stereocenters. The predicted molar refractivity (Wildman–Crippen MR) is 63.1 cm³/mol. The van der Waals surface area contributed by atoms with Crippen LogP contribution in [0.4, 0.5) is 4.79 Å². The molecule has 1 aromatic rings. The van der Waals surface area contributed by atoms with Crippen LogP contribution in [-0.4, -0.2) is 29.0 Å². The summed E-state index contributed by atoms with van der Waals surface area (Å²) < 4.78 is 4.75. The predicted octanol–water partition coefficient (Wildman–Crippen LogP) is 1.77. The SMILES string of the molecule is CCOC(=O)N[C@@H](C)Cc1ccc(O)c(O)c1. The van der Waals surface area contributed by atoms with Gasteiger partial charge in [-0.3, -0.25) is 0 Å². The minimum atomic E-state index is -0.456. The molecule has 0 fully saturated rings. The lowest BCUT2D eigenvalue weighted by Gasteiger charge is -2.13. The van der Waals surface area contributed by atoms with Crippen LogP contribution in [0.1, 0.15) is 19.4 Å². The van der Waals surface area contributed by atoms with Crippen molar-refractivity contribution in [3.63, 3.8) is 0 Å². The molecule has 1 aromatic carbocycles. The molecule has 0 saturated carbocycles. The Hall–Kier alpha value is -1.91. The minimum Gasteiger partial charge on any atom is -0.504 e. The van der Waals surface area contributed by atoms with Gasteiger partial charge in [-0.25, -0.2) is 4.79 Å². The third-order valence-corrected chi connectivity index (χ3v) is 2.22. The van der Waals surface area contributed by atoms with E-state index in [0.29, 0.717) is 13.0 Å². The van der Waals surface area contributed by atoms with Crippen molar-refractivity contribution < 1.29 is 19.7 Å². The smallest absolute Gasteiger partial charge is 0.407 e. The van der Waals surface area contributed by atoms with E-state index < -0.39 is 6.09 Å². The van der Waals surface area contributed by atoms with Crippen molar-refractivity contribution in [2.24, 2.45) is 0 Å². The monoisotopic (exact) mass is 239 g/mol. The highest BCUT2D eigenvalue weighted by atomic mass is 16.5. The Kier molecular flexibility index (Phi) is 4.63. The Bertz CT molecular complexity index is 392. The maximum atomic E-state index is 11.1. The topological polar surface area (TPSA) is 78.8 Å². The second kappa shape index (κ2) is 5.98. The summed E-state index contributed by atoms with van der Waals surface area (Å²) in [6.45, 7) is 3.90. The molecule has 5 nitrogen and oxygen atoms in total. The molecule has 0 aromatic heterocycles. The lowest BCUT2D eigenvalue weighted by Crippen LogP contribution is -2.34. The summed E-state index contributed by atoms with van der Waals surface area (Å²) >= 11 is 0. The number of hydrogen-bond donors (Lipinski definition) is 3. The van der Waals surface area contributed by atoms with E-state index in [2.05, 4.69) is 5.32 Å². The van der Waals surface area contributed by atoms with Gasteiger partial charge in [0.05, 0.1) is 6.61 Å². The zero-order chi connectivity index (χ0) is 12.8. The fourth-order valence-electron chi connectivity index (χ4n) is 1.47. The van der Waals surface area contributed by atoms with Crippen LogP contribution in [0.5, 0.6) is 11.5 Å². The first-order chi connectivity index (χ1) is 8.02. The van der Waals surface area contributed by atoms with Crippen LogP contribution in [0.3, 0.4) is 0 Å². The molecular weight excluding hydrogens is 222 g/mol. The number of aromatic hydroxyl groups is 2. The van der Waals surface area contributed by atoms with Gasteiger partial charge in [0.15, 0.2) is 11.5 Å². The summed E-state index contributed by atoms with van der Waals surface area (Å²) in [5, 5.41) is 21.1. The van der Waals surface area contributed by atoms with Crippen LogP contribution >= 0.6 is 0 Å². The van der Waals surface area contributed by atoms with E-state index in [1.165, 1.54) is 12.1 Å². The van der Waals surface area contributed by atoms with Crippen molar-refractivity contribution in [1.82, 2.24) is 5.32 Å². The summed E-state index contributed by atoms with van der Waals surface area (Å²) in [6.07, 6.45) is 0.0927. The van der Waals surface area contributed by atoms with Gasteiger partial charge >= 0.3 is 6.09 Å². The highest BCUT2D eigenvalue weighted by Gasteiger charge is 2.09. The van der Waals surface area contributed by atoms with E-state index >= 15 is 0 Å².